The molecule has 21 heavy (non-hydrogen) atoms. The van der Waals surface area contributed by atoms with E-state index >= 15 is 0 Å². The molecule has 110 valence electrons. The maximum atomic E-state index is 11.6. The predicted molar refractivity (Wildman–Crippen MR) is 76.5 cm³/mol. The first-order valence-electron chi connectivity index (χ1n) is 6.47. The second kappa shape index (κ2) is 5.54. The first-order chi connectivity index (χ1) is 9.90. The van der Waals surface area contributed by atoms with Crippen molar-refractivity contribution in [2.75, 3.05) is 6.61 Å². The van der Waals surface area contributed by atoms with E-state index in [0.717, 1.165) is 5.56 Å². The van der Waals surface area contributed by atoms with Gasteiger partial charge in [0.15, 0.2) is 0 Å². The van der Waals surface area contributed by atoms with Gasteiger partial charge in [-0.25, -0.2) is 4.79 Å². The van der Waals surface area contributed by atoms with E-state index in [9.17, 15) is 24.9 Å². The van der Waals surface area contributed by atoms with Crippen molar-refractivity contribution < 1.29 is 24.9 Å². The zero-order valence-electron chi connectivity index (χ0n) is 11.5. The second-order valence-electron chi connectivity index (χ2n) is 5.19. The Bertz CT molecular complexity index is 629. The predicted octanol–water partition coefficient (Wildman–Crippen LogP) is 1.79. The number of aliphatic hydroxyl groups is 1. The molecule has 1 aliphatic rings. The molecule has 0 saturated heterocycles. The molecule has 0 bridgehead atoms. The van der Waals surface area contributed by atoms with Gasteiger partial charge in [-0.3, -0.25) is 4.79 Å². The Morgan fingerprint density at radius 3 is 2.29 bits per heavy atom. The maximum absolute atomic E-state index is 11.6. The molecule has 2 atom stereocenters. The molecule has 0 radical (unpaired) electrons. The molecule has 5 heteroatoms. The van der Waals surface area contributed by atoms with Crippen molar-refractivity contribution in [2.45, 2.75) is 6.92 Å². The fourth-order valence-corrected chi connectivity index (χ4v) is 2.56. The number of hydrogen-bond donors (Lipinski definition) is 3. The minimum atomic E-state index is -1.47. The third-order valence-electron chi connectivity index (χ3n) is 3.86. The van der Waals surface area contributed by atoms with Gasteiger partial charge in [-0.1, -0.05) is 36.4 Å². The number of rotatable bonds is 4. The molecule has 3 N–H and O–H groups in total. The molecule has 0 heterocycles. The first kappa shape index (κ1) is 15.0. The Morgan fingerprint density at radius 1 is 1.19 bits per heavy atom. The monoisotopic (exact) mass is 288 g/mol. The Morgan fingerprint density at radius 2 is 1.81 bits per heavy atom. The lowest BCUT2D eigenvalue weighted by Crippen LogP contribution is -2.40. The van der Waals surface area contributed by atoms with Crippen molar-refractivity contribution in [2.24, 2.45) is 11.3 Å². The number of aliphatic carboxylic acids is 2. The highest BCUT2D eigenvalue weighted by Gasteiger charge is 2.45. The Balaban J connectivity index is 2.63. The molecule has 2 rings (SSSR count). The second-order valence-corrected chi connectivity index (χ2v) is 5.19. The van der Waals surface area contributed by atoms with Gasteiger partial charge in [0.05, 0.1) is 12.0 Å². The van der Waals surface area contributed by atoms with Gasteiger partial charge in [-0.2, -0.15) is 0 Å². The number of hydrogen-bond acceptors (Lipinski definition) is 3. The van der Waals surface area contributed by atoms with E-state index in [0.29, 0.717) is 5.57 Å². The summed E-state index contributed by atoms with van der Waals surface area (Å²) in [6.07, 6.45) is 2.95. The van der Waals surface area contributed by atoms with Crippen LogP contribution in [0.3, 0.4) is 0 Å². The van der Waals surface area contributed by atoms with Crippen LogP contribution in [0, 0.1) is 11.3 Å². The van der Waals surface area contributed by atoms with Gasteiger partial charge in [0.25, 0.3) is 0 Å². The highest BCUT2D eigenvalue weighted by atomic mass is 16.4. The average Bonchev–Trinajstić information content (AvgIpc) is 2.47. The highest BCUT2D eigenvalue weighted by molar-refractivity contribution is 5.97. The van der Waals surface area contributed by atoms with Crippen molar-refractivity contribution >= 4 is 17.5 Å². The van der Waals surface area contributed by atoms with Crippen molar-refractivity contribution in [1.29, 1.82) is 0 Å². The van der Waals surface area contributed by atoms with Crippen LogP contribution in [0.25, 0.3) is 5.57 Å². The van der Waals surface area contributed by atoms with Crippen LogP contribution in [0.4, 0.5) is 0 Å². The lowest BCUT2D eigenvalue weighted by molar-refractivity contribution is -0.148. The molecule has 1 aromatic carbocycles. The third-order valence-corrected chi connectivity index (χ3v) is 3.86. The van der Waals surface area contributed by atoms with Gasteiger partial charge in [0.1, 0.15) is 0 Å². The van der Waals surface area contributed by atoms with Crippen LogP contribution in [0.5, 0.6) is 0 Å². The van der Waals surface area contributed by atoms with Crippen LogP contribution in [-0.2, 0) is 9.59 Å². The number of aliphatic hydroxyl groups excluding tert-OH is 1. The number of carbonyl (C=O) groups is 2. The van der Waals surface area contributed by atoms with Crippen molar-refractivity contribution in [3.63, 3.8) is 0 Å². The molecule has 1 unspecified atom stereocenters. The molecule has 0 fully saturated rings. The Kier molecular flexibility index (Phi) is 3.95. The molecule has 0 aliphatic heterocycles. The largest absolute Gasteiger partial charge is 0.481 e. The minimum absolute atomic E-state index is 0.0937. The molecule has 0 amide bonds. The summed E-state index contributed by atoms with van der Waals surface area (Å²) in [5.74, 6) is -3.37. The lowest BCUT2D eigenvalue weighted by Gasteiger charge is -2.34. The number of carboxylic acid groups (broad SMARTS) is 2. The molecular formula is C16H16O5. The molecule has 5 nitrogen and oxygen atoms in total. The van der Waals surface area contributed by atoms with Crippen molar-refractivity contribution in [3.05, 3.63) is 53.6 Å². The molecule has 0 aromatic heterocycles. The van der Waals surface area contributed by atoms with E-state index in [4.69, 9.17) is 0 Å². The number of carboxylic acids is 2. The van der Waals surface area contributed by atoms with E-state index in [1.165, 1.54) is 19.1 Å². The number of benzene rings is 1. The highest BCUT2D eigenvalue weighted by Crippen LogP contribution is 2.42. The van der Waals surface area contributed by atoms with E-state index < -0.39 is 29.9 Å². The summed E-state index contributed by atoms with van der Waals surface area (Å²) < 4.78 is 0. The summed E-state index contributed by atoms with van der Waals surface area (Å²) in [4.78, 5) is 23.0. The fourth-order valence-electron chi connectivity index (χ4n) is 2.56. The third kappa shape index (κ3) is 2.60. The summed E-state index contributed by atoms with van der Waals surface area (Å²) in [6, 6.07) is 8.97. The summed E-state index contributed by atoms with van der Waals surface area (Å²) in [6.45, 7) is 0.884. The van der Waals surface area contributed by atoms with Crippen LogP contribution in [-0.4, -0.2) is 33.9 Å². The average molecular weight is 288 g/mol. The van der Waals surface area contributed by atoms with Crippen LogP contribution < -0.4 is 0 Å². The van der Waals surface area contributed by atoms with E-state index in [2.05, 4.69) is 0 Å². The summed E-state index contributed by atoms with van der Waals surface area (Å²) >= 11 is 0. The van der Waals surface area contributed by atoms with Crippen LogP contribution in [0.15, 0.2) is 48.1 Å². The van der Waals surface area contributed by atoms with E-state index in [1.807, 2.05) is 6.07 Å². The van der Waals surface area contributed by atoms with Crippen molar-refractivity contribution in [1.82, 2.24) is 0 Å². The van der Waals surface area contributed by atoms with E-state index in [1.54, 1.807) is 24.3 Å². The van der Waals surface area contributed by atoms with Crippen LogP contribution >= 0.6 is 0 Å². The van der Waals surface area contributed by atoms with Gasteiger partial charge in [-0.05, 0) is 24.1 Å². The Labute approximate surface area is 121 Å². The lowest BCUT2D eigenvalue weighted by atomic mass is 9.68. The molecule has 0 spiro atoms. The quantitative estimate of drug-likeness (QED) is 0.785. The zero-order valence-corrected chi connectivity index (χ0v) is 11.5. The SMILES string of the molecule is C[C@@]1(C(=O)O)C=C(c2ccccc2)C=C(C(=O)O)C1CO. The minimum Gasteiger partial charge on any atom is -0.481 e. The fraction of sp³-hybridized carbons (Fsp3) is 0.250. The number of allylic oxidation sites excluding steroid dienone is 2. The van der Waals surface area contributed by atoms with Gasteiger partial charge >= 0.3 is 11.9 Å². The maximum Gasteiger partial charge on any atom is 0.332 e. The molecule has 0 saturated carbocycles. The standard InChI is InChI=1S/C16H16O5/c1-16(15(20)21)8-11(10-5-3-2-4-6-10)7-12(14(18)19)13(16)9-17/h2-8,13,17H,9H2,1H3,(H,18,19)(H,20,21)/t13?,16-/m1/s1. The Hall–Kier alpha value is -2.40. The van der Waals surface area contributed by atoms with Crippen LogP contribution in [0.1, 0.15) is 12.5 Å². The smallest absolute Gasteiger partial charge is 0.332 e. The van der Waals surface area contributed by atoms with Gasteiger partial charge in [0.2, 0.25) is 0 Å². The topological polar surface area (TPSA) is 94.8 Å². The van der Waals surface area contributed by atoms with Gasteiger partial charge < -0.3 is 15.3 Å². The molecule has 1 aromatic rings. The zero-order chi connectivity index (χ0) is 15.6. The summed E-state index contributed by atoms with van der Waals surface area (Å²) in [5, 5.41) is 28.3. The summed E-state index contributed by atoms with van der Waals surface area (Å²) in [7, 11) is 0. The van der Waals surface area contributed by atoms with Gasteiger partial charge in [0, 0.05) is 11.5 Å². The van der Waals surface area contributed by atoms with Crippen molar-refractivity contribution in [3.8, 4) is 0 Å². The normalized spacial score (nSPS) is 25.0. The molecular weight excluding hydrogens is 272 g/mol. The van der Waals surface area contributed by atoms with Crippen LogP contribution in [0.2, 0.25) is 0 Å². The first-order valence-corrected chi connectivity index (χ1v) is 6.47. The summed E-state index contributed by atoms with van der Waals surface area (Å²) in [5.41, 5.74) is -0.297. The molecule has 1 aliphatic carbocycles. The van der Waals surface area contributed by atoms with E-state index in [-0.39, 0.29) is 5.57 Å². The van der Waals surface area contributed by atoms with Gasteiger partial charge in [-0.15, -0.1) is 0 Å².